The Morgan fingerprint density at radius 2 is 1.44 bits per heavy atom. The normalized spacial score (nSPS) is 13.6. The van der Waals surface area contributed by atoms with Gasteiger partial charge in [0.1, 0.15) is 12.7 Å². The molecule has 2 aromatic rings. The van der Waals surface area contributed by atoms with Crippen LogP contribution in [0.5, 0.6) is 0 Å². The third-order valence-electron chi connectivity index (χ3n) is 5.71. The molecule has 0 saturated heterocycles. The lowest BCUT2D eigenvalue weighted by Crippen LogP contribution is -2.62. The molecule has 0 aromatic heterocycles. The molecule has 0 spiro atoms. The summed E-state index contributed by atoms with van der Waals surface area (Å²) >= 11 is 0. The number of carbonyl (C=O) groups is 3. The highest BCUT2D eigenvalue weighted by Crippen LogP contribution is 2.25. The van der Waals surface area contributed by atoms with Crippen LogP contribution in [0.2, 0.25) is 0 Å². The van der Waals surface area contributed by atoms with Crippen LogP contribution in [0.25, 0.3) is 0 Å². The van der Waals surface area contributed by atoms with Gasteiger partial charge < -0.3 is 25.5 Å². The van der Waals surface area contributed by atoms with Gasteiger partial charge in [-0.2, -0.15) is 0 Å². The van der Waals surface area contributed by atoms with E-state index in [2.05, 4.69) is 17.2 Å². The predicted molar refractivity (Wildman–Crippen MR) is 127 cm³/mol. The number of rotatable bonds is 7. The van der Waals surface area contributed by atoms with Crippen LogP contribution in [0.4, 0.5) is 0 Å². The van der Waals surface area contributed by atoms with Gasteiger partial charge in [-0.3, -0.25) is 14.4 Å². The highest BCUT2D eigenvalue weighted by atomic mass is 16.3. The molecule has 2 amide bonds. The number of benzene rings is 2. The van der Waals surface area contributed by atoms with E-state index in [0.29, 0.717) is 16.7 Å². The van der Waals surface area contributed by atoms with Crippen molar-refractivity contribution in [3.8, 4) is 11.8 Å². The number of nitrogens with one attached hydrogen (secondary N) is 1. The number of nitrogens with zero attached hydrogens (tertiary/aromatic N) is 1. The number of hydrogen-bond acceptors (Lipinski definition) is 6. The van der Waals surface area contributed by atoms with Crippen LogP contribution in [0.15, 0.2) is 48.5 Å². The van der Waals surface area contributed by atoms with Crippen molar-refractivity contribution >= 4 is 17.6 Å². The Balaban J connectivity index is 2.20. The first-order valence-electron chi connectivity index (χ1n) is 10.6. The van der Waals surface area contributed by atoms with Gasteiger partial charge >= 0.3 is 0 Å². The fourth-order valence-electron chi connectivity index (χ4n) is 3.26. The molecular weight excluding hydrogens is 436 g/mol. The molecule has 0 aliphatic carbocycles. The Morgan fingerprint density at radius 1 is 0.971 bits per heavy atom. The van der Waals surface area contributed by atoms with E-state index in [1.165, 1.54) is 34.9 Å². The molecule has 4 N–H and O–H groups in total. The smallest absolute Gasteiger partial charge is 0.254 e. The molecule has 0 aliphatic heterocycles. The zero-order valence-corrected chi connectivity index (χ0v) is 19.9. The van der Waals surface area contributed by atoms with E-state index in [0.717, 1.165) is 4.90 Å². The highest BCUT2D eigenvalue weighted by molar-refractivity contribution is 6.14. The van der Waals surface area contributed by atoms with Crippen LogP contribution in [0, 0.1) is 11.8 Å². The fraction of sp³-hybridized carbons (Fsp3) is 0.346. The van der Waals surface area contributed by atoms with Gasteiger partial charge in [0.2, 0.25) is 0 Å². The second-order valence-electron chi connectivity index (χ2n) is 8.60. The van der Waals surface area contributed by atoms with Crippen molar-refractivity contribution in [1.29, 1.82) is 0 Å². The zero-order chi connectivity index (χ0) is 25.7. The molecule has 8 heteroatoms. The first-order chi connectivity index (χ1) is 15.9. The molecule has 1 unspecified atom stereocenters. The number of amides is 2. The summed E-state index contributed by atoms with van der Waals surface area (Å²) in [5, 5.41) is 31.7. The molecule has 2 rings (SSSR count). The van der Waals surface area contributed by atoms with Gasteiger partial charge in [0.25, 0.3) is 11.8 Å². The summed E-state index contributed by atoms with van der Waals surface area (Å²) in [6.45, 7) is 3.46. The monoisotopic (exact) mass is 466 g/mol. The molecule has 0 saturated carbocycles. The first kappa shape index (κ1) is 26.7. The number of ketones is 1. The van der Waals surface area contributed by atoms with Crippen LogP contribution in [0.3, 0.4) is 0 Å². The summed E-state index contributed by atoms with van der Waals surface area (Å²) in [6.07, 6.45) is -1.02. The average molecular weight is 467 g/mol. The van der Waals surface area contributed by atoms with Gasteiger partial charge in [-0.1, -0.05) is 24.0 Å². The summed E-state index contributed by atoms with van der Waals surface area (Å²) in [5.41, 5.74) is -0.948. The molecule has 2 atom stereocenters. The van der Waals surface area contributed by atoms with E-state index in [-0.39, 0.29) is 5.56 Å². The lowest BCUT2D eigenvalue weighted by Gasteiger charge is -2.35. The van der Waals surface area contributed by atoms with E-state index in [1.54, 1.807) is 48.5 Å². The summed E-state index contributed by atoms with van der Waals surface area (Å²) in [7, 11) is 2.68. The predicted octanol–water partition coefficient (Wildman–Crippen LogP) is 1.03. The van der Waals surface area contributed by atoms with Crippen LogP contribution >= 0.6 is 0 Å². The lowest BCUT2D eigenvalue weighted by atomic mass is 9.92. The van der Waals surface area contributed by atoms with Crippen molar-refractivity contribution in [2.24, 2.45) is 0 Å². The fourth-order valence-corrected chi connectivity index (χ4v) is 3.26. The quantitative estimate of drug-likeness (QED) is 0.357. The Labute approximate surface area is 199 Å². The van der Waals surface area contributed by atoms with Crippen LogP contribution in [-0.2, 0) is 9.59 Å². The topological polar surface area (TPSA) is 127 Å². The number of aliphatic hydroxyl groups is 3. The maximum absolute atomic E-state index is 12.9. The molecule has 0 radical (unpaired) electrons. The van der Waals surface area contributed by atoms with Crippen molar-refractivity contribution in [1.82, 2.24) is 10.2 Å². The first-order valence-corrected chi connectivity index (χ1v) is 10.6. The number of aliphatic hydroxyl groups excluding tert-OH is 2. The van der Waals surface area contributed by atoms with E-state index < -0.39 is 41.4 Å². The summed E-state index contributed by atoms with van der Waals surface area (Å²) in [6, 6.07) is 13.2. The number of hydrogen-bond donors (Lipinski definition) is 4. The maximum Gasteiger partial charge on any atom is 0.254 e. The van der Waals surface area contributed by atoms with Crippen molar-refractivity contribution in [3.63, 3.8) is 0 Å². The molecule has 0 bridgehead atoms. The van der Waals surface area contributed by atoms with Crippen molar-refractivity contribution in [2.45, 2.75) is 38.0 Å². The van der Waals surface area contributed by atoms with Gasteiger partial charge in [0.15, 0.2) is 11.3 Å². The van der Waals surface area contributed by atoms with Crippen LogP contribution in [0.1, 0.15) is 53.9 Å². The molecule has 2 aromatic carbocycles. The van der Waals surface area contributed by atoms with Gasteiger partial charge in [-0.05, 0) is 62.7 Å². The van der Waals surface area contributed by atoms with Gasteiger partial charge in [0, 0.05) is 30.8 Å². The van der Waals surface area contributed by atoms with Gasteiger partial charge in [-0.25, -0.2) is 0 Å². The molecule has 180 valence electrons. The van der Waals surface area contributed by atoms with Crippen molar-refractivity contribution < 1.29 is 29.7 Å². The minimum absolute atomic E-state index is 0.249. The van der Waals surface area contributed by atoms with E-state index >= 15 is 0 Å². The Bertz CT molecular complexity index is 1090. The minimum Gasteiger partial charge on any atom is -0.388 e. The number of carbonyl (C=O) groups excluding carboxylic acids is 3. The van der Waals surface area contributed by atoms with E-state index in [4.69, 9.17) is 0 Å². The van der Waals surface area contributed by atoms with E-state index in [9.17, 15) is 29.7 Å². The molecule has 0 aliphatic rings. The largest absolute Gasteiger partial charge is 0.388 e. The Hall–Kier alpha value is -3.51. The maximum atomic E-state index is 12.9. The number of Topliss-reactive ketones (excluding diaryl/α,β-unsaturated/α-hetero) is 1. The number of likely N-dealkylation sites (N-methyl/N-ethyl adjacent to an activating group) is 2. The van der Waals surface area contributed by atoms with Crippen molar-refractivity contribution in [3.05, 3.63) is 70.8 Å². The molecule has 34 heavy (non-hydrogen) atoms. The van der Waals surface area contributed by atoms with Crippen LogP contribution in [-0.4, -0.2) is 69.7 Å². The molecular formula is C26H30N2O6. The van der Waals surface area contributed by atoms with Gasteiger partial charge in [0.05, 0.1) is 5.60 Å². The van der Waals surface area contributed by atoms with Crippen LogP contribution < -0.4 is 5.32 Å². The summed E-state index contributed by atoms with van der Waals surface area (Å²) in [4.78, 5) is 38.5. The second-order valence-corrected chi connectivity index (χ2v) is 8.60. The SMILES string of the molecule is CNC(=O)[C@@](C)(C(=O)CO)N(C)C(=O)c1ccc(C#Cc2ccc(C(O)C(C)(C)O)cc2)cc1. The highest BCUT2D eigenvalue weighted by Gasteiger charge is 2.46. The lowest BCUT2D eigenvalue weighted by molar-refractivity contribution is -0.143. The molecule has 0 fully saturated rings. The Morgan fingerprint density at radius 3 is 1.85 bits per heavy atom. The average Bonchev–Trinajstić information content (AvgIpc) is 2.84. The van der Waals surface area contributed by atoms with Crippen molar-refractivity contribution in [2.75, 3.05) is 20.7 Å². The summed E-state index contributed by atoms with van der Waals surface area (Å²) in [5.74, 6) is 3.91. The standard InChI is InChI=1S/C26H30N2O6/c1-25(2,34)22(31)19-12-8-17(9-13-19)6-7-18-10-14-20(15-11-18)23(32)28(5)26(3,21(30)16-29)24(33)27-4/h8-15,22,29,31,34H,16H2,1-5H3,(H,27,33)/t22?,26-/m1/s1. The molecule has 0 heterocycles. The second kappa shape index (κ2) is 10.6. The third-order valence-corrected chi connectivity index (χ3v) is 5.71. The Kier molecular flexibility index (Phi) is 8.35. The third kappa shape index (κ3) is 5.69. The van der Waals surface area contributed by atoms with E-state index in [1.807, 2.05) is 0 Å². The van der Waals surface area contributed by atoms with Gasteiger partial charge in [-0.15, -0.1) is 0 Å². The molecule has 8 nitrogen and oxygen atoms in total. The minimum atomic E-state index is -1.86. The zero-order valence-electron chi connectivity index (χ0n) is 19.9. The summed E-state index contributed by atoms with van der Waals surface area (Å²) < 4.78 is 0.